The molecule has 2 aromatic carbocycles. The number of aryl methyl sites for hydroxylation is 3. The summed E-state index contributed by atoms with van der Waals surface area (Å²) in [7, 11) is 0. The van der Waals surface area contributed by atoms with Crippen LogP contribution in [0.4, 0.5) is 5.69 Å². The average molecular weight is 380 g/mol. The van der Waals surface area contributed by atoms with Crippen molar-refractivity contribution < 1.29 is 24.0 Å². The Hall–Kier alpha value is -3.61. The van der Waals surface area contributed by atoms with Gasteiger partial charge in [0.1, 0.15) is 18.1 Å². The molecule has 0 atom stereocenters. The van der Waals surface area contributed by atoms with Crippen LogP contribution >= 0.6 is 0 Å². The highest BCUT2D eigenvalue weighted by Crippen LogP contribution is 2.24. The number of hydrogen-bond acceptors (Lipinski definition) is 5. The van der Waals surface area contributed by atoms with Crippen LogP contribution in [-0.2, 0) is 6.61 Å². The highest BCUT2D eigenvalue weighted by atomic mass is 16.5. The third kappa shape index (κ3) is 4.20. The third-order valence-corrected chi connectivity index (χ3v) is 4.30. The number of rotatable bonds is 6. The second-order valence-electron chi connectivity index (χ2n) is 6.43. The van der Waals surface area contributed by atoms with Gasteiger partial charge in [-0.3, -0.25) is 4.79 Å². The molecule has 0 saturated heterocycles. The van der Waals surface area contributed by atoms with Crippen LogP contribution in [0.3, 0.4) is 0 Å². The molecule has 7 nitrogen and oxygen atoms in total. The molecule has 3 rings (SSSR count). The first kappa shape index (κ1) is 19.2. The minimum Gasteiger partial charge on any atom is -0.488 e. The number of hydrogen-bond donors (Lipinski definition) is 2. The number of aromatic carboxylic acids is 1. The second-order valence-corrected chi connectivity index (χ2v) is 6.43. The van der Waals surface area contributed by atoms with Gasteiger partial charge in [0.15, 0.2) is 0 Å². The van der Waals surface area contributed by atoms with Crippen LogP contribution in [0.15, 0.2) is 47.0 Å². The molecular weight excluding hydrogens is 360 g/mol. The fourth-order valence-corrected chi connectivity index (χ4v) is 2.73. The predicted octanol–water partition coefficient (Wildman–Crippen LogP) is 4.13. The molecule has 0 fully saturated rings. The number of carboxylic acids is 1. The Morgan fingerprint density at radius 1 is 1.14 bits per heavy atom. The van der Waals surface area contributed by atoms with E-state index in [1.807, 2.05) is 19.9 Å². The molecule has 0 spiro atoms. The van der Waals surface area contributed by atoms with Crippen molar-refractivity contribution in [3.05, 3.63) is 76.2 Å². The highest BCUT2D eigenvalue weighted by molar-refractivity contribution is 6.06. The maximum Gasteiger partial charge on any atom is 0.335 e. The Bertz CT molecular complexity index is 1020. The molecule has 1 aromatic heterocycles. The van der Waals surface area contributed by atoms with Crippen LogP contribution in [0, 0.1) is 20.8 Å². The summed E-state index contributed by atoms with van der Waals surface area (Å²) >= 11 is 0. The van der Waals surface area contributed by atoms with Crippen LogP contribution in [0.2, 0.25) is 0 Å². The lowest BCUT2D eigenvalue weighted by Gasteiger charge is -2.13. The largest absolute Gasteiger partial charge is 0.488 e. The third-order valence-electron chi connectivity index (χ3n) is 4.30. The lowest BCUT2D eigenvalue weighted by atomic mass is 10.1. The van der Waals surface area contributed by atoms with Gasteiger partial charge in [0.05, 0.1) is 22.4 Å². The van der Waals surface area contributed by atoms with E-state index in [9.17, 15) is 9.59 Å². The summed E-state index contributed by atoms with van der Waals surface area (Å²) < 4.78 is 11.0. The molecule has 0 unspecified atom stereocenters. The number of carbonyl (C=O) groups is 2. The Morgan fingerprint density at radius 3 is 2.61 bits per heavy atom. The summed E-state index contributed by atoms with van der Waals surface area (Å²) in [5, 5.41) is 15.7. The monoisotopic (exact) mass is 380 g/mol. The fourth-order valence-electron chi connectivity index (χ4n) is 2.73. The minimum atomic E-state index is -1.06. The van der Waals surface area contributed by atoms with Crippen molar-refractivity contribution in [1.82, 2.24) is 5.16 Å². The number of ether oxygens (including phenoxy) is 1. The topological polar surface area (TPSA) is 102 Å². The molecule has 0 saturated carbocycles. The lowest BCUT2D eigenvalue weighted by Crippen LogP contribution is -2.14. The summed E-state index contributed by atoms with van der Waals surface area (Å²) in [4.78, 5) is 23.9. The molecule has 0 aliphatic rings. The molecule has 28 heavy (non-hydrogen) atoms. The minimum absolute atomic E-state index is 0.0944. The number of nitrogens with zero attached hydrogens (tertiary/aromatic N) is 1. The Labute approximate surface area is 161 Å². The van der Waals surface area contributed by atoms with Crippen LogP contribution in [0.5, 0.6) is 5.75 Å². The van der Waals surface area contributed by atoms with Gasteiger partial charge in [0, 0.05) is 5.69 Å². The smallest absolute Gasteiger partial charge is 0.335 e. The van der Waals surface area contributed by atoms with Gasteiger partial charge in [-0.25, -0.2) is 4.79 Å². The van der Waals surface area contributed by atoms with Crippen molar-refractivity contribution in [2.75, 3.05) is 5.32 Å². The summed E-state index contributed by atoms with van der Waals surface area (Å²) in [6, 6.07) is 11.4. The van der Waals surface area contributed by atoms with Crippen molar-refractivity contribution in [3.8, 4) is 5.75 Å². The highest BCUT2D eigenvalue weighted by Gasteiger charge is 2.16. The number of carboxylic acid groups (broad SMARTS) is 1. The number of carbonyl (C=O) groups excluding carboxylic acids is 1. The molecule has 0 bridgehead atoms. The van der Waals surface area contributed by atoms with Gasteiger partial charge in [-0.05, 0) is 51.1 Å². The van der Waals surface area contributed by atoms with Gasteiger partial charge in [-0.2, -0.15) is 0 Å². The maximum atomic E-state index is 12.8. The number of anilines is 1. The van der Waals surface area contributed by atoms with Gasteiger partial charge >= 0.3 is 5.97 Å². The van der Waals surface area contributed by atoms with E-state index in [1.54, 1.807) is 31.2 Å². The van der Waals surface area contributed by atoms with Gasteiger partial charge in [0.2, 0.25) is 0 Å². The van der Waals surface area contributed by atoms with Gasteiger partial charge in [0.25, 0.3) is 5.91 Å². The van der Waals surface area contributed by atoms with Crippen LogP contribution in [0.25, 0.3) is 0 Å². The Kier molecular flexibility index (Phi) is 5.44. The summed E-state index contributed by atoms with van der Waals surface area (Å²) in [6.07, 6.45) is 0. The van der Waals surface area contributed by atoms with E-state index in [0.29, 0.717) is 22.8 Å². The van der Waals surface area contributed by atoms with Crippen LogP contribution in [-0.4, -0.2) is 22.1 Å². The van der Waals surface area contributed by atoms with E-state index in [-0.39, 0.29) is 18.1 Å². The fraction of sp³-hybridized carbons (Fsp3) is 0.190. The summed E-state index contributed by atoms with van der Waals surface area (Å²) in [6.45, 7) is 5.73. The molecule has 7 heteroatoms. The van der Waals surface area contributed by atoms with Crippen LogP contribution < -0.4 is 10.1 Å². The molecular formula is C21H20N2O5. The van der Waals surface area contributed by atoms with Crippen LogP contribution in [0.1, 0.15) is 43.3 Å². The van der Waals surface area contributed by atoms with Crippen molar-refractivity contribution in [2.24, 2.45) is 0 Å². The number of amides is 1. The average Bonchev–Trinajstić information content (AvgIpc) is 2.98. The van der Waals surface area contributed by atoms with Crippen molar-refractivity contribution in [3.63, 3.8) is 0 Å². The zero-order valence-electron chi connectivity index (χ0n) is 15.8. The van der Waals surface area contributed by atoms with Crippen molar-refractivity contribution >= 4 is 17.6 Å². The van der Waals surface area contributed by atoms with Gasteiger partial charge in [-0.15, -0.1) is 0 Å². The first-order valence-electron chi connectivity index (χ1n) is 8.65. The number of nitrogens with one attached hydrogen (secondary N) is 1. The normalized spacial score (nSPS) is 10.5. The maximum absolute atomic E-state index is 12.8. The molecule has 1 heterocycles. The summed E-state index contributed by atoms with van der Waals surface area (Å²) in [5.41, 5.74) is 3.31. The van der Waals surface area contributed by atoms with Gasteiger partial charge in [-0.1, -0.05) is 22.9 Å². The number of benzene rings is 2. The zero-order valence-corrected chi connectivity index (χ0v) is 15.8. The quantitative estimate of drug-likeness (QED) is 0.667. The Morgan fingerprint density at radius 2 is 1.93 bits per heavy atom. The lowest BCUT2D eigenvalue weighted by molar-refractivity contribution is 0.0696. The first-order valence-corrected chi connectivity index (χ1v) is 8.65. The summed E-state index contributed by atoms with van der Waals surface area (Å²) in [5.74, 6) is -0.367. The first-order chi connectivity index (χ1) is 13.3. The zero-order chi connectivity index (χ0) is 20.3. The van der Waals surface area contributed by atoms with E-state index >= 15 is 0 Å². The Balaban J connectivity index is 1.82. The van der Waals surface area contributed by atoms with E-state index in [4.69, 9.17) is 14.4 Å². The second kappa shape index (κ2) is 7.96. The van der Waals surface area contributed by atoms with E-state index < -0.39 is 5.97 Å². The van der Waals surface area contributed by atoms with E-state index in [0.717, 1.165) is 16.8 Å². The molecule has 0 radical (unpaired) electrons. The molecule has 0 aliphatic carbocycles. The van der Waals surface area contributed by atoms with Crippen molar-refractivity contribution in [1.29, 1.82) is 0 Å². The van der Waals surface area contributed by atoms with E-state index in [1.165, 1.54) is 12.1 Å². The SMILES string of the molecule is Cc1ccc(OCc2c(C)noc2C)c(C(=O)Nc2cccc(C(=O)O)c2)c1. The molecule has 1 amide bonds. The molecule has 2 N–H and O–H groups in total. The molecule has 144 valence electrons. The standard InChI is InChI=1S/C21H20N2O5/c1-12-7-8-19(27-11-18-13(2)23-28-14(18)3)17(9-12)20(24)22-16-6-4-5-15(10-16)21(25)26/h4-10H,11H2,1-3H3,(H,22,24)(H,25,26). The van der Waals surface area contributed by atoms with E-state index in [2.05, 4.69) is 10.5 Å². The number of aromatic nitrogens is 1. The van der Waals surface area contributed by atoms with Gasteiger partial charge < -0.3 is 19.7 Å². The molecule has 3 aromatic rings. The molecule has 0 aliphatic heterocycles. The predicted molar refractivity (Wildman–Crippen MR) is 103 cm³/mol. The van der Waals surface area contributed by atoms with Crippen molar-refractivity contribution in [2.45, 2.75) is 27.4 Å².